The zero-order chi connectivity index (χ0) is 11.9. The highest BCUT2D eigenvalue weighted by molar-refractivity contribution is 6.00. The third-order valence-corrected chi connectivity index (χ3v) is 2.99. The zero-order valence-electron chi connectivity index (χ0n) is 9.23. The summed E-state index contributed by atoms with van der Waals surface area (Å²) >= 11 is 0. The lowest BCUT2D eigenvalue weighted by Gasteiger charge is -2.20. The number of Topliss-reactive ketones (excluding diaryl/α,β-unsaturated/α-hetero) is 1. The summed E-state index contributed by atoms with van der Waals surface area (Å²) in [6.45, 7) is 2.76. The minimum Gasteiger partial charge on any atom is -0.375 e. The van der Waals surface area contributed by atoms with Gasteiger partial charge in [0.1, 0.15) is 0 Å². The van der Waals surface area contributed by atoms with Crippen LogP contribution in [0, 0.1) is 0 Å². The fraction of sp³-hybridized carbons (Fsp3) is 0.333. The highest BCUT2D eigenvalue weighted by Gasteiger charge is 2.45. The highest BCUT2D eigenvalue weighted by atomic mass is 16.3. The number of ketones is 1. The van der Waals surface area contributed by atoms with E-state index in [0.717, 1.165) is 0 Å². The van der Waals surface area contributed by atoms with Crippen LogP contribution in [0.1, 0.15) is 19.4 Å². The number of anilines is 1. The van der Waals surface area contributed by atoms with E-state index in [0.29, 0.717) is 11.3 Å². The molecule has 1 heterocycles. The molecule has 1 amide bonds. The van der Waals surface area contributed by atoms with Gasteiger partial charge in [-0.15, -0.1) is 0 Å². The Labute approximate surface area is 93.5 Å². The second-order valence-corrected chi connectivity index (χ2v) is 4.04. The normalized spacial score (nSPS) is 23.1. The number of carbonyl (C=O) groups excluding carboxylic acids is 2. The van der Waals surface area contributed by atoms with E-state index in [2.05, 4.69) is 0 Å². The first kappa shape index (κ1) is 10.8. The molecule has 84 valence electrons. The van der Waals surface area contributed by atoms with E-state index in [1.165, 1.54) is 18.7 Å². The lowest BCUT2D eigenvalue weighted by Crippen LogP contribution is -2.40. The molecule has 1 atom stereocenters. The topological polar surface area (TPSA) is 57.6 Å². The number of carbonyl (C=O) groups is 2. The highest BCUT2D eigenvalue weighted by Crippen LogP contribution is 2.39. The van der Waals surface area contributed by atoms with Gasteiger partial charge in [-0.25, -0.2) is 0 Å². The van der Waals surface area contributed by atoms with Crippen molar-refractivity contribution in [3.05, 3.63) is 29.8 Å². The lowest BCUT2D eigenvalue weighted by molar-refractivity contribution is -0.134. The van der Waals surface area contributed by atoms with E-state index in [1.54, 1.807) is 24.3 Å². The van der Waals surface area contributed by atoms with Gasteiger partial charge in [0.05, 0.1) is 12.2 Å². The van der Waals surface area contributed by atoms with E-state index < -0.39 is 5.60 Å². The predicted octanol–water partition coefficient (Wildman–Crippen LogP) is 0.830. The van der Waals surface area contributed by atoms with Crippen LogP contribution in [0.3, 0.4) is 0 Å². The van der Waals surface area contributed by atoms with Crippen molar-refractivity contribution in [2.75, 3.05) is 11.4 Å². The summed E-state index contributed by atoms with van der Waals surface area (Å²) in [5.74, 6) is -0.520. The Hall–Kier alpha value is -1.68. The molecule has 1 unspecified atom stereocenters. The van der Waals surface area contributed by atoms with Crippen molar-refractivity contribution in [1.29, 1.82) is 0 Å². The fourth-order valence-electron chi connectivity index (χ4n) is 2.04. The van der Waals surface area contributed by atoms with Crippen molar-refractivity contribution >= 4 is 17.4 Å². The number of benzene rings is 1. The van der Waals surface area contributed by atoms with Crippen molar-refractivity contribution in [3.8, 4) is 0 Å². The van der Waals surface area contributed by atoms with Crippen LogP contribution in [0.25, 0.3) is 0 Å². The van der Waals surface area contributed by atoms with Crippen molar-refractivity contribution in [3.63, 3.8) is 0 Å². The van der Waals surface area contributed by atoms with Crippen molar-refractivity contribution in [2.45, 2.75) is 19.4 Å². The summed E-state index contributed by atoms with van der Waals surface area (Å²) in [6.07, 6.45) is 0. The number of fused-ring (bicyclic) bond motifs is 1. The lowest BCUT2D eigenvalue weighted by atomic mass is 9.92. The predicted molar refractivity (Wildman–Crippen MR) is 59.0 cm³/mol. The molecule has 4 heteroatoms. The molecule has 1 aromatic carbocycles. The molecule has 0 fully saturated rings. The van der Waals surface area contributed by atoms with Gasteiger partial charge >= 0.3 is 0 Å². The summed E-state index contributed by atoms with van der Waals surface area (Å²) in [6, 6.07) is 6.94. The van der Waals surface area contributed by atoms with Crippen LogP contribution in [-0.2, 0) is 15.2 Å². The third-order valence-electron chi connectivity index (χ3n) is 2.99. The molecule has 2 rings (SSSR count). The Balaban J connectivity index is 2.60. The molecule has 0 radical (unpaired) electrons. The zero-order valence-corrected chi connectivity index (χ0v) is 9.23. The number of hydrogen-bond donors (Lipinski definition) is 1. The average Bonchev–Trinajstić information content (AvgIpc) is 2.55. The van der Waals surface area contributed by atoms with Gasteiger partial charge in [0.25, 0.3) is 0 Å². The van der Waals surface area contributed by atoms with Crippen LogP contribution in [0.5, 0.6) is 0 Å². The van der Waals surface area contributed by atoms with Crippen molar-refractivity contribution in [1.82, 2.24) is 0 Å². The monoisotopic (exact) mass is 219 g/mol. The molecule has 16 heavy (non-hydrogen) atoms. The van der Waals surface area contributed by atoms with Gasteiger partial charge in [0.2, 0.25) is 5.91 Å². The number of amides is 1. The Morgan fingerprint density at radius 3 is 2.50 bits per heavy atom. The van der Waals surface area contributed by atoms with Crippen LogP contribution in [0.15, 0.2) is 24.3 Å². The van der Waals surface area contributed by atoms with E-state index in [9.17, 15) is 14.7 Å². The summed E-state index contributed by atoms with van der Waals surface area (Å²) in [4.78, 5) is 24.4. The Morgan fingerprint density at radius 1 is 1.31 bits per heavy atom. The van der Waals surface area contributed by atoms with Crippen LogP contribution in [0.4, 0.5) is 5.69 Å². The average molecular weight is 219 g/mol. The van der Waals surface area contributed by atoms with Gasteiger partial charge < -0.3 is 10.0 Å². The van der Waals surface area contributed by atoms with Gasteiger partial charge in [-0.2, -0.15) is 0 Å². The molecule has 1 aromatic rings. The van der Waals surface area contributed by atoms with Crippen molar-refractivity contribution in [2.24, 2.45) is 0 Å². The SMILES string of the molecule is CC(=O)N1CC(O)(C(C)=O)c2ccccc21. The molecular weight excluding hydrogens is 206 g/mol. The molecule has 1 N–H and O–H groups in total. The number of hydrogen-bond acceptors (Lipinski definition) is 3. The second kappa shape index (κ2) is 3.42. The number of β-amino-alcohol motifs (C(OH)–C–C–N with tert-alkyl or cyclic N) is 1. The van der Waals surface area contributed by atoms with Crippen molar-refractivity contribution < 1.29 is 14.7 Å². The first-order valence-corrected chi connectivity index (χ1v) is 5.08. The maximum Gasteiger partial charge on any atom is 0.223 e. The third kappa shape index (κ3) is 1.34. The molecule has 0 spiro atoms. The minimum absolute atomic E-state index is 0.0109. The fourth-order valence-corrected chi connectivity index (χ4v) is 2.04. The maximum absolute atomic E-state index is 11.5. The molecule has 1 aliphatic rings. The summed E-state index contributed by atoms with van der Waals surface area (Å²) in [5, 5.41) is 10.3. The minimum atomic E-state index is -1.55. The Bertz CT molecular complexity index is 469. The molecule has 1 aliphatic heterocycles. The van der Waals surface area contributed by atoms with Gasteiger partial charge in [0, 0.05) is 12.5 Å². The van der Waals surface area contributed by atoms with Gasteiger partial charge in [-0.05, 0) is 13.0 Å². The maximum atomic E-state index is 11.5. The van der Waals surface area contributed by atoms with E-state index in [4.69, 9.17) is 0 Å². The number of para-hydroxylation sites is 1. The Morgan fingerprint density at radius 2 is 1.94 bits per heavy atom. The summed E-state index contributed by atoms with van der Waals surface area (Å²) in [5.41, 5.74) is -0.423. The van der Waals surface area contributed by atoms with E-state index >= 15 is 0 Å². The van der Waals surface area contributed by atoms with Gasteiger partial charge in [-0.1, -0.05) is 18.2 Å². The molecule has 0 bridgehead atoms. The molecule has 0 aliphatic carbocycles. The summed E-state index contributed by atoms with van der Waals surface area (Å²) < 4.78 is 0. The molecule has 0 aromatic heterocycles. The van der Waals surface area contributed by atoms with Crippen LogP contribution in [0.2, 0.25) is 0 Å². The number of nitrogens with zero attached hydrogens (tertiary/aromatic N) is 1. The van der Waals surface area contributed by atoms with Crippen LogP contribution < -0.4 is 4.90 Å². The van der Waals surface area contributed by atoms with Crippen LogP contribution in [-0.4, -0.2) is 23.3 Å². The molecule has 0 saturated heterocycles. The smallest absolute Gasteiger partial charge is 0.223 e. The van der Waals surface area contributed by atoms with Gasteiger partial charge in [-0.3, -0.25) is 9.59 Å². The standard InChI is InChI=1S/C12H13NO3/c1-8(14)12(16)7-13(9(2)15)11-6-4-3-5-10(11)12/h3-6,16H,7H2,1-2H3. The molecule has 0 saturated carbocycles. The largest absolute Gasteiger partial charge is 0.375 e. The Kier molecular flexibility index (Phi) is 2.31. The molecular formula is C12H13NO3. The first-order valence-electron chi connectivity index (χ1n) is 5.08. The summed E-state index contributed by atoms with van der Waals surface area (Å²) in [7, 11) is 0. The first-order chi connectivity index (χ1) is 7.47. The number of rotatable bonds is 1. The number of aliphatic hydroxyl groups is 1. The second-order valence-electron chi connectivity index (χ2n) is 4.04. The van der Waals surface area contributed by atoms with E-state index in [-0.39, 0.29) is 18.2 Å². The quantitative estimate of drug-likeness (QED) is 0.761. The van der Waals surface area contributed by atoms with E-state index in [1.807, 2.05) is 0 Å². The van der Waals surface area contributed by atoms with Crippen LogP contribution >= 0.6 is 0 Å². The van der Waals surface area contributed by atoms with Gasteiger partial charge in [0.15, 0.2) is 11.4 Å². The molecule has 4 nitrogen and oxygen atoms in total.